The molecule has 2 aromatic rings. The highest BCUT2D eigenvalue weighted by molar-refractivity contribution is 5.94. The minimum atomic E-state index is -1.01. The van der Waals surface area contributed by atoms with E-state index in [1.807, 2.05) is 30.3 Å². The van der Waals surface area contributed by atoms with Gasteiger partial charge in [-0.25, -0.2) is 8.78 Å². The Labute approximate surface area is 128 Å². The summed E-state index contributed by atoms with van der Waals surface area (Å²) < 4.78 is 26.3. The molecule has 1 saturated carbocycles. The van der Waals surface area contributed by atoms with Gasteiger partial charge in [-0.1, -0.05) is 43.2 Å². The summed E-state index contributed by atoms with van der Waals surface area (Å²) in [6, 6.07) is 13.0. The number of hydrogen-bond donors (Lipinski definition) is 1. The molecule has 1 aliphatic carbocycles. The van der Waals surface area contributed by atoms with Crippen LogP contribution in [0.25, 0.3) is 0 Å². The maximum Gasteiger partial charge on any atom is 0.252 e. The first-order chi connectivity index (χ1) is 10.6. The average molecular weight is 301 g/mol. The van der Waals surface area contributed by atoms with E-state index in [2.05, 4.69) is 5.32 Å². The molecule has 1 N–H and O–H groups in total. The Morgan fingerprint density at radius 2 is 1.64 bits per heavy atom. The Morgan fingerprint density at radius 3 is 2.27 bits per heavy atom. The predicted molar refractivity (Wildman–Crippen MR) is 80.4 cm³/mol. The van der Waals surface area contributed by atoms with Crippen LogP contribution in [0.2, 0.25) is 0 Å². The van der Waals surface area contributed by atoms with Crippen LogP contribution in [0, 0.1) is 11.6 Å². The molecular weight excluding hydrogens is 284 g/mol. The molecule has 2 nitrogen and oxygen atoms in total. The highest BCUT2D eigenvalue weighted by atomic mass is 19.2. The van der Waals surface area contributed by atoms with Gasteiger partial charge >= 0.3 is 0 Å². The zero-order valence-electron chi connectivity index (χ0n) is 12.1. The quantitative estimate of drug-likeness (QED) is 0.906. The Balaban J connectivity index is 1.88. The second-order valence-electron chi connectivity index (χ2n) is 5.74. The van der Waals surface area contributed by atoms with Crippen LogP contribution in [0.5, 0.6) is 0 Å². The summed E-state index contributed by atoms with van der Waals surface area (Å²) in [6.45, 7) is 0. The summed E-state index contributed by atoms with van der Waals surface area (Å²) in [7, 11) is 0. The van der Waals surface area contributed by atoms with E-state index in [1.54, 1.807) is 0 Å². The van der Waals surface area contributed by atoms with Crippen molar-refractivity contribution < 1.29 is 13.6 Å². The third kappa shape index (κ3) is 2.73. The molecule has 0 saturated heterocycles. The van der Waals surface area contributed by atoms with Crippen LogP contribution in [0.1, 0.15) is 41.6 Å². The van der Waals surface area contributed by atoms with Crippen molar-refractivity contribution in [1.82, 2.24) is 5.32 Å². The standard InChI is InChI=1S/C18H17F2NO/c19-15-9-8-13(12-16(15)20)17(22)21-18(10-4-5-11-18)14-6-2-1-3-7-14/h1-3,6-9,12H,4-5,10-11H2,(H,21,22). The minimum absolute atomic E-state index is 0.140. The molecule has 2 aromatic carbocycles. The van der Waals surface area contributed by atoms with Gasteiger partial charge in [0.2, 0.25) is 0 Å². The molecule has 1 amide bonds. The molecule has 22 heavy (non-hydrogen) atoms. The van der Waals surface area contributed by atoms with Gasteiger partial charge in [-0.3, -0.25) is 4.79 Å². The molecule has 0 atom stereocenters. The van der Waals surface area contributed by atoms with E-state index in [-0.39, 0.29) is 11.5 Å². The van der Waals surface area contributed by atoms with Crippen LogP contribution in [0.3, 0.4) is 0 Å². The molecule has 0 aromatic heterocycles. The van der Waals surface area contributed by atoms with Gasteiger partial charge in [0.05, 0.1) is 5.54 Å². The molecule has 4 heteroatoms. The molecule has 3 rings (SSSR count). The number of carbonyl (C=O) groups is 1. The highest BCUT2D eigenvalue weighted by Gasteiger charge is 2.37. The largest absolute Gasteiger partial charge is 0.343 e. The molecule has 0 spiro atoms. The number of hydrogen-bond acceptors (Lipinski definition) is 1. The van der Waals surface area contributed by atoms with Crippen molar-refractivity contribution in [3.63, 3.8) is 0 Å². The minimum Gasteiger partial charge on any atom is -0.343 e. The molecule has 0 unspecified atom stereocenters. The van der Waals surface area contributed by atoms with Gasteiger partial charge in [0, 0.05) is 5.56 Å². The summed E-state index contributed by atoms with van der Waals surface area (Å²) in [5, 5.41) is 3.04. The molecule has 0 radical (unpaired) electrons. The molecule has 1 fully saturated rings. The third-order valence-electron chi connectivity index (χ3n) is 4.32. The lowest BCUT2D eigenvalue weighted by Crippen LogP contribution is -2.43. The van der Waals surface area contributed by atoms with Crippen LogP contribution < -0.4 is 5.32 Å². The average Bonchev–Trinajstić information content (AvgIpc) is 3.00. The number of carbonyl (C=O) groups excluding carboxylic acids is 1. The second-order valence-corrected chi connectivity index (χ2v) is 5.74. The van der Waals surface area contributed by atoms with Gasteiger partial charge in [-0.15, -0.1) is 0 Å². The second kappa shape index (κ2) is 5.87. The number of amides is 1. The summed E-state index contributed by atoms with van der Waals surface area (Å²) in [6.07, 6.45) is 3.78. The smallest absolute Gasteiger partial charge is 0.252 e. The normalized spacial score (nSPS) is 16.5. The fraction of sp³-hybridized carbons (Fsp3) is 0.278. The fourth-order valence-corrected chi connectivity index (χ4v) is 3.15. The van der Waals surface area contributed by atoms with E-state index >= 15 is 0 Å². The molecule has 1 aliphatic rings. The highest BCUT2D eigenvalue weighted by Crippen LogP contribution is 2.38. The lowest BCUT2D eigenvalue weighted by atomic mass is 9.88. The van der Waals surface area contributed by atoms with Crippen LogP contribution in [0.15, 0.2) is 48.5 Å². The van der Waals surface area contributed by atoms with Crippen molar-refractivity contribution in [2.45, 2.75) is 31.2 Å². The number of halogens is 2. The lowest BCUT2D eigenvalue weighted by Gasteiger charge is -2.31. The van der Waals surface area contributed by atoms with Gasteiger partial charge in [0.15, 0.2) is 11.6 Å². The van der Waals surface area contributed by atoms with E-state index < -0.39 is 17.2 Å². The molecule has 0 heterocycles. The van der Waals surface area contributed by atoms with Crippen molar-refractivity contribution in [3.8, 4) is 0 Å². The summed E-state index contributed by atoms with van der Waals surface area (Å²) >= 11 is 0. The van der Waals surface area contributed by atoms with E-state index in [0.29, 0.717) is 0 Å². The van der Waals surface area contributed by atoms with Crippen LogP contribution in [-0.4, -0.2) is 5.91 Å². The molecule has 114 valence electrons. The van der Waals surface area contributed by atoms with E-state index in [0.717, 1.165) is 43.4 Å². The van der Waals surface area contributed by atoms with Crippen molar-refractivity contribution in [3.05, 3.63) is 71.3 Å². The van der Waals surface area contributed by atoms with Gasteiger partial charge in [0.1, 0.15) is 0 Å². The van der Waals surface area contributed by atoms with Crippen molar-refractivity contribution in [2.75, 3.05) is 0 Å². The van der Waals surface area contributed by atoms with Crippen molar-refractivity contribution in [2.24, 2.45) is 0 Å². The van der Waals surface area contributed by atoms with Gasteiger partial charge < -0.3 is 5.32 Å². The first-order valence-corrected chi connectivity index (χ1v) is 7.44. The number of rotatable bonds is 3. The zero-order chi connectivity index (χ0) is 15.6. The first kappa shape index (κ1) is 14.7. The van der Waals surface area contributed by atoms with E-state index in [1.165, 1.54) is 6.07 Å². The zero-order valence-corrected chi connectivity index (χ0v) is 12.1. The Bertz CT molecular complexity index is 679. The SMILES string of the molecule is O=C(NC1(c2ccccc2)CCCC1)c1ccc(F)c(F)c1. The first-order valence-electron chi connectivity index (χ1n) is 7.44. The van der Waals surface area contributed by atoms with Crippen molar-refractivity contribution in [1.29, 1.82) is 0 Å². The Hall–Kier alpha value is -2.23. The van der Waals surface area contributed by atoms with Crippen LogP contribution in [-0.2, 0) is 5.54 Å². The van der Waals surface area contributed by atoms with Gasteiger partial charge in [0.25, 0.3) is 5.91 Å². The van der Waals surface area contributed by atoms with Crippen LogP contribution >= 0.6 is 0 Å². The molecule has 0 bridgehead atoms. The lowest BCUT2D eigenvalue weighted by molar-refractivity contribution is 0.0897. The Morgan fingerprint density at radius 1 is 0.955 bits per heavy atom. The maximum absolute atomic E-state index is 13.3. The monoisotopic (exact) mass is 301 g/mol. The maximum atomic E-state index is 13.3. The van der Waals surface area contributed by atoms with Crippen molar-refractivity contribution >= 4 is 5.91 Å². The number of nitrogens with one attached hydrogen (secondary N) is 1. The summed E-state index contributed by atoms with van der Waals surface area (Å²) in [5.41, 5.74) is 0.785. The van der Waals surface area contributed by atoms with Crippen LogP contribution in [0.4, 0.5) is 8.78 Å². The molecular formula is C18H17F2NO. The summed E-state index contributed by atoms with van der Waals surface area (Å²) in [4.78, 5) is 12.4. The van der Waals surface area contributed by atoms with E-state index in [4.69, 9.17) is 0 Å². The van der Waals surface area contributed by atoms with Gasteiger partial charge in [-0.2, -0.15) is 0 Å². The predicted octanol–water partition coefficient (Wildman–Crippen LogP) is 4.16. The number of benzene rings is 2. The fourth-order valence-electron chi connectivity index (χ4n) is 3.15. The van der Waals surface area contributed by atoms with E-state index in [9.17, 15) is 13.6 Å². The molecule has 0 aliphatic heterocycles. The Kier molecular flexibility index (Phi) is 3.92. The third-order valence-corrected chi connectivity index (χ3v) is 4.32. The summed E-state index contributed by atoms with van der Waals surface area (Å²) in [5.74, 6) is -2.33. The topological polar surface area (TPSA) is 29.1 Å². The van der Waals surface area contributed by atoms with Gasteiger partial charge in [-0.05, 0) is 36.6 Å².